The molecule has 0 radical (unpaired) electrons. The minimum atomic E-state index is -3.48. The van der Waals surface area contributed by atoms with Crippen molar-refractivity contribution < 1.29 is 8.42 Å². The maximum Gasteiger partial charge on any atom is 0.243 e. The second-order valence-corrected chi connectivity index (χ2v) is 6.64. The molecule has 0 aliphatic carbocycles. The molecule has 1 saturated heterocycles. The molecule has 4 nitrogen and oxygen atoms in total. The van der Waals surface area contributed by atoms with Crippen LogP contribution in [0.15, 0.2) is 29.2 Å². The summed E-state index contributed by atoms with van der Waals surface area (Å²) in [6.07, 6.45) is 1.19. The van der Waals surface area contributed by atoms with Crippen molar-refractivity contribution in [1.82, 2.24) is 4.31 Å². The number of benzene rings is 1. The zero-order chi connectivity index (χ0) is 13.2. The Kier molecular flexibility index (Phi) is 3.91. The van der Waals surface area contributed by atoms with Crippen molar-refractivity contribution in [3.63, 3.8) is 0 Å². The van der Waals surface area contributed by atoms with Gasteiger partial charge in [-0.25, -0.2) is 8.42 Å². The number of sulfonamides is 1. The number of halogens is 1. The Balaban J connectivity index is 2.20. The molecule has 6 heteroatoms. The summed E-state index contributed by atoms with van der Waals surface area (Å²) >= 11 is 5.81. The summed E-state index contributed by atoms with van der Waals surface area (Å²) in [5, 5.41) is 9.20. The van der Waals surface area contributed by atoms with Gasteiger partial charge in [-0.15, -0.1) is 0 Å². The molecular formula is C12H13ClN2O2S. The van der Waals surface area contributed by atoms with Crippen molar-refractivity contribution >= 4 is 21.6 Å². The van der Waals surface area contributed by atoms with Gasteiger partial charge in [-0.05, 0) is 31.0 Å². The van der Waals surface area contributed by atoms with Gasteiger partial charge in [0.05, 0.1) is 11.0 Å². The minimum absolute atomic E-state index is 0.0317. The lowest BCUT2D eigenvalue weighted by Crippen LogP contribution is -2.38. The number of hydrogen-bond acceptors (Lipinski definition) is 3. The van der Waals surface area contributed by atoms with Crippen LogP contribution in [-0.4, -0.2) is 25.8 Å². The summed E-state index contributed by atoms with van der Waals surface area (Å²) in [6, 6.07) is 8.44. The predicted molar refractivity (Wildman–Crippen MR) is 68.5 cm³/mol. The number of rotatable bonds is 2. The van der Waals surface area contributed by atoms with Gasteiger partial charge in [0.2, 0.25) is 10.0 Å². The largest absolute Gasteiger partial charge is 0.243 e. The van der Waals surface area contributed by atoms with Crippen LogP contribution in [0.25, 0.3) is 0 Å². The highest BCUT2D eigenvalue weighted by Crippen LogP contribution is 2.24. The fourth-order valence-electron chi connectivity index (χ4n) is 2.00. The smallest absolute Gasteiger partial charge is 0.207 e. The Bertz CT molecular complexity index is 572. The van der Waals surface area contributed by atoms with Crippen LogP contribution < -0.4 is 0 Å². The summed E-state index contributed by atoms with van der Waals surface area (Å²) in [4.78, 5) is 0.213. The fourth-order valence-corrected chi connectivity index (χ4v) is 3.77. The van der Waals surface area contributed by atoms with E-state index < -0.39 is 10.0 Å². The lowest BCUT2D eigenvalue weighted by molar-refractivity contribution is 0.310. The molecule has 18 heavy (non-hydrogen) atoms. The summed E-state index contributed by atoms with van der Waals surface area (Å²) < 4.78 is 26.1. The van der Waals surface area contributed by atoms with E-state index in [4.69, 9.17) is 16.9 Å². The van der Waals surface area contributed by atoms with E-state index in [2.05, 4.69) is 6.07 Å². The first-order chi connectivity index (χ1) is 8.54. The van der Waals surface area contributed by atoms with Gasteiger partial charge >= 0.3 is 0 Å². The van der Waals surface area contributed by atoms with Crippen molar-refractivity contribution in [2.75, 3.05) is 13.1 Å². The third-order valence-corrected chi connectivity index (χ3v) is 5.20. The first kappa shape index (κ1) is 13.3. The molecule has 1 aromatic carbocycles. The molecule has 0 atom stereocenters. The van der Waals surface area contributed by atoms with Crippen molar-refractivity contribution in [2.45, 2.75) is 17.7 Å². The maximum absolute atomic E-state index is 12.3. The normalized spacial score (nSPS) is 18.4. The Labute approximate surface area is 112 Å². The number of piperidine rings is 1. The molecule has 1 aliphatic heterocycles. The van der Waals surface area contributed by atoms with E-state index in [0.29, 0.717) is 31.0 Å². The van der Waals surface area contributed by atoms with Gasteiger partial charge in [0.25, 0.3) is 0 Å². The van der Waals surface area contributed by atoms with E-state index >= 15 is 0 Å². The molecule has 0 amide bonds. The van der Waals surface area contributed by atoms with Gasteiger partial charge in [0.15, 0.2) is 0 Å². The first-order valence-electron chi connectivity index (χ1n) is 5.69. The Morgan fingerprint density at radius 1 is 1.33 bits per heavy atom. The third-order valence-electron chi connectivity index (χ3n) is 3.07. The molecule has 0 saturated carbocycles. The van der Waals surface area contributed by atoms with Crippen LogP contribution in [-0.2, 0) is 10.0 Å². The molecule has 1 heterocycles. The molecule has 1 aromatic rings. The van der Waals surface area contributed by atoms with Crippen molar-refractivity contribution in [2.24, 2.45) is 5.92 Å². The highest BCUT2D eigenvalue weighted by molar-refractivity contribution is 7.89. The van der Waals surface area contributed by atoms with Crippen LogP contribution in [0.3, 0.4) is 0 Å². The second kappa shape index (κ2) is 5.27. The average molecular weight is 285 g/mol. The van der Waals surface area contributed by atoms with Gasteiger partial charge in [-0.3, -0.25) is 0 Å². The molecule has 1 fully saturated rings. The molecule has 96 valence electrons. The molecule has 1 aliphatic rings. The molecule has 0 bridgehead atoms. The molecule has 0 N–H and O–H groups in total. The Hall–Kier alpha value is -1.09. The summed E-state index contributed by atoms with van der Waals surface area (Å²) in [7, 11) is -3.48. The molecular weight excluding hydrogens is 272 g/mol. The quantitative estimate of drug-likeness (QED) is 0.837. The summed E-state index contributed by atoms with van der Waals surface area (Å²) in [5.74, 6) is -0.0317. The number of nitrogens with zero attached hydrogens (tertiary/aromatic N) is 2. The van der Waals surface area contributed by atoms with Crippen molar-refractivity contribution in [3.8, 4) is 6.07 Å². The van der Waals surface area contributed by atoms with Crippen LogP contribution in [0, 0.1) is 17.2 Å². The lowest BCUT2D eigenvalue weighted by Gasteiger charge is -2.28. The van der Waals surface area contributed by atoms with E-state index in [1.807, 2.05) is 0 Å². The molecule has 2 rings (SSSR count). The van der Waals surface area contributed by atoms with E-state index in [0.717, 1.165) is 0 Å². The maximum atomic E-state index is 12.3. The Morgan fingerprint density at radius 3 is 2.56 bits per heavy atom. The summed E-state index contributed by atoms with van der Waals surface area (Å²) in [6.45, 7) is 0.792. The van der Waals surface area contributed by atoms with Gasteiger partial charge in [-0.2, -0.15) is 9.57 Å². The minimum Gasteiger partial charge on any atom is -0.207 e. The van der Waals surface area contributed by atoms with Crippen LogP contribution in [0.5, 0.6) is 0 Å². The SMILES string of the molecule is N#CC1CCN(S(=O)(=O)c2cccc(Cl)c2)CC1. The average Bonchev–Trinajstić information content (AvgIpc) is 2.39. The molecule has 0 unspecified atom stereocenters. The predicted octanol–water partition coefficient (Wildman–Crippen LogP) is 2.26. The van der Waals surface area contributed by atoms with Gasteiger partial charge in [-0.1, -0.05) is 17.7 Å². The zero-order valence-electron chi connectivity index (χ0n) is 9.71. The standard InChI is InChI=1S/C12H13ClN2O2S/c13-11-2-1-3-12(8-11)18(16,17)15-6-4-10(9-14)5-7-15/h1-3,8,10H,4-7H2. The van der Waals surface area contributed by atoms with Crippen molar-refractivity contribution in [1.29, 1.82) is 5.26 Å². The first-order valence-corrected chi connectivity index (χ1v) is 7.51. The molecule has 0 aromatic heterocycles. The summed E-state index contributed by atoms with van der Waals surface area (Å²) in [5.41, 5.74) is 0. The van der Waals surface area contributed by atoms with E-state index in [1.165, 1.54) is 16.4 Å². The highest BCUT2D eigenvalue weighted by atomic mass is 35.5. The fraction of sp³-hybridized carbons (Fsp3) is 0.417. The third kappa shape index (κ3) is 2.66. The number of nitriles is 1. The second-order valence-electron chi connectivity index (χ2n) is 4.26. The Morgan fingerprint density at radius 2 is 2.00 bits per heavy atom. The van der Waals surface area contributed by atoms with E-state index in [-0.39, 0.29) is 10.8 Å². The topological polar surface area (TPSA) is 61.2 Å². The van der Waals surface area contributed by atoms with E-state index in [9.17, 15) is 8.42 Å². The van der Waals surface area contributed by atoms with Crippen LogP contribution >= 0.6 is 11.6 Å². The van der Waals surface area contributed by atoms with E-state index in [1.54, 1.807) is 12.1 Å². The van der Waals surface area contributed by atoms with Gasteiger partial charge < -0.3 is 0 Å². The van der Waals surface area contributed by atoms with Gasteiger partial charge in [0.1, 0.15) is 0 Å². The monoisotopic (exact) mass is 284 g/mol. The van der Waals surface area contributed by atoms with Crippen LogP contribution in [0.4, 0.5) is 0 Å². The highest BCUT2D eigenvalue weighted by Gasteiger charge is 2.29. The molecule has 0 spiro atoms. The van der Waals surface area contributed by atoms with Crippen molar-refractivity contribution in [3.05, 3.63) is 29.3 Å². The van der Waals surface area contributed by atoms with Gasteiger partial charge in [0, 0.05) is 24.0 Å². The number of hydrogen-bond donors (Lipinski definition) is 0. The van der Waals surface area contributed by atoms with Crippen LogP contribution in [0.1, 0.15) is 12.8 Å². The van der Waals surface area contributed by atoms with Crippen LogP contribution in [0.2, 0.25) is 5.02 Å². The zero-order valence-corrected chi connectivity index (χ0v) is 11.3. The lowest BCUT2D eigenvalue weighted by atomic mass is 10.0.